The van der Waals surface area contributed by atoms with Gasteiger partial charge in [-0.05, 0) is 48.2 Å². The highest BCUT2D eigenvalue weighted by molar-refractivity contribution is 6.32. The van der Waals surface area contributed by atoms with Gasteiger partial charge in [0.15, 0.2) is 5.65 Å². The highest BCUT2D eigenvalue weighted by atomic mass is 35.5. The van der Waals surface area contributed by atoms with E-state index in [0.717, 1.165) is 46.5 Å². The SMILES string of the molecule is COc1ccc(CCNc2nc(NCCc3ccc(NC(C)=O)cc3)c3cnn(C)c3n2)cc1Cl. The van der Waals surface area contributed by atoms with Crippen LogP contribution in [0, 0.1) is 0 Å². The van der Waals surface area contributed by atoms with Gasteiger partial charge in [0.25, 0.3) is 0 Å². The van der Waals surface area contributed by atoms with E-state index in [1.54, 1.807) is 18.0 Å². The highest BCUT2D eigenvalue weighted by Gasteiger charge is 2.12. The van der Waals surface area contributed by atoms with E-state index in [1.807, 2.05) is 49.5 Å². The van der Waals surface area contributed by atoms with Gasteiger partial charge < -0.3 is 20.7 Å². The Balaban J connectivity index is 1.39. The maximum absolute atomic E-state index is 11.2. The lowest BCUT2D eigenvalue weighted by atomic mass is 10.1. The molecular formula is C25H28ClN7O2. The first-order valence-electron chi connectivity index (χ1n) is 11.3. The quantitative estimate of drug-likeness (QED) is 0.302. The Morgan fingerprint density at radius 1 is 1.03 bits per heavy atom. The highest BCUT2D eigenvalue weighted by Crippen LogP contribution is 2.25. The number of halogens is 1. The molecule has 2 heterocycles. The van der Waals surface area contributed by atoms with Gasteiger partial charge in [-0.25, -0.2) is 0 Å². The Morgan fingerprint density at radius 3 is 2.46 bits per heavy atom. The van der Waals surface area contributed by atoms with E-state index < -0.39 is 0 Å². The summed E-state index contributed by atoms with van der Waals surface area (Å²) in [5.41, 5.74) is 3.78. The number of carbonyl (C=O) groups is 1. The zero-order valence-corrected chi connectivity index (χ0v) is 20.7. The van der Waals surface area contributed by atoms with Gasteiger partial charge in [-0.3, -0.25) is 9.48 Å². The fraction of sp³-hybridized carbons (Fsp3) is 0.280. The number of carbonyl (C=O) groups excluding carboxylic acids is 1. The number of anilines is 3. The third-order valence-electron chi connectivity index (χ3n) is 5.49. The molecule has 4 rings (SSSR count). The second-order valence-corrected chi connectivity index (χ2v) is 8.51. The number of hydrogen-bond donors (Lipinski definition) is 3. The van der Waals surface area contributed by atoms with E-state index in [-0.39, 0.29) is 5.91 Å². The van der Waals surface area contributed by atoms with Crippen LogP contribution in [0.5, 0.6) is 5.75 Å². The van der Waals surface area contributed by atoms with Crippen LogP contribution in [-0.4, -0.2) is 45.9 Å². The number of nitrogens with one attached hydrogen (secondary N) is 3. The molecule has 0 bridgehead atoms. The van der Waals surface area contributed by atoms with Gasteiger partial charge in [0.2, 0.25) is 11.9 Å². The van der Waals surface area contributed by atoms with Gasteiger partial charge in [0, 0.05) is 32.7 Å². The molecule has 0 aliphatic rings. The lowest BCUT2D eigenvalue weighted by Gasteiger charge is -2.11. The third-order valence-corrected chi connectivity index (χ3v) is 5.78. The van der Waals surface area contributed by atoms with Crippen molar-refractivity contribution in [2.24, 2.45) is 7.05 Å². The molecule has 4 aromatic rings. The fourth-order valence-electron chi connectivity index (χ4n) is 3.70. The van der Waals surface area contributed by atoms with Crippen molar-refractivity contribution in [2.75, 3.05) is 36.1 Å². The maximum atomic E-state index is 11.2. The van der Waals surface area contributed by atoms with Gasteiger partial charge in [-0.15, -0.1) is 0 Å². The molecule has 0 spiro atoms. The first-order chi connectivity index (χ1) is 16.9. The Labute approximate surface area is 208 Å². The average Bonchev–Trinajstić information content (AvgIpc) is 3.21. The molecule has 0 unspecified atom stereocenters. The summed E-state index contributed by atoms with van der Waals surface area (Å²) in [4.78, 5) is 20.5. The monoisotopic (exact) mass is 493 g/mol. The number of ether oxygens (including phenoxy) is 1. The van der Waals surface area contributed by atoms with Crippen molar-refractivity contribution in [3.63, 3.8) is 0 Å². The Bertz CT molecular complexity index is 1320. The van der Waals surface area contributed by atoms with Gasteiger partial charge in [-0.1, -0.05) is 29.8 Å². The van der Waals surface area contributed by atoms with Crippen molar-refractivity contribution in [1.82, 2.24) is 19.7 Å². The molecule has 0 aliphatic carbocycles. The molecule has 2 aromatic heterocycles. The fourth-order valence-corrected chi connectivity index (χ4v) is 3.98. The normalized spacial score (nSPS) is 10.9. The van der Waals surface area contributed by atoms with Gasteiger partial charge in [0.1, 0.15) is 11.6 Å². The smallest absolute Gasteiger partial charge is 0.226 e. The molecule has 35 heavy (non-hydrogen) atoms. The molecule has 3 N–H and O–H groups in total. The van der Waals surface area contributed by atoms with Crippen LogP contribution < -0.4 is 20.7 Å². The number of amides is 1. The minimum atomic E-state index is -0.0825. The van der Waals surface area contributed by atoms with Gasteiger partial charge in [-0.2, -0.15) is 15.1 Å². The number of nitrogens with zero attached hydrogens (tertiary/aromatic N) is 4. The van der Waals surface area contributed by atoms with Crippen LogP contribution in [0.25, 0.3) is 11.0 Å². The predicted octanol–water partition coefficient (Wildman–Crippen LogP) is 4.29. The molecule has 1 amide bonds. The number of rotatable bonds is 10. The van der Waals surface area contributed by atoms with Crippen LogP contribution in [0.4, 0.5) is 17.5 Å². The lowest BCUT2D eigenvalue weighted by Crippen LogP contribution is -2.12. The molecule has 2 aromatic carbocycles. The van der Waals surface area contributed by atoms with E-state index >= 15 is 0 Å². The summed E-state index contributed by atoms with van der Waals surface area (Å²) in [7, 11) is 3.46. The van der Waals surface area contributed by atoms with Crippen molar-refractivity contribution in [3.05, 3.63) is 64.8 Å². The van der Waals surface area contributed by atoms with Crippen LogP contribution >= 0.6 is 11.6 Å². The van der Waals surface area contributed by atoms with Crippen LogP contribution in [0.15, 0.2) is 48.7 Å². The first-order valence-corrected chi connectivity index (χ1v) is 11.7. The number of methoxy groups -OCH3 is 1. The first kappa shape index (κ1) is 24.3. The van der Waals surface area contributed by atoms with E-state index in [0.29, 0.717) is 29.8 Å². The average molecular weight is 494 g/mol. The Kier molecular flexibility index (Phi) is 7.67. The number of aromatic nitrogens is 4. The molecule has 0 saturated heterocycles. The third kappa shape index (κ3) is 6.19. The Hall–Kier alpha value is -3.85. The molecular weight excluding hydrogens is 466 g/mol. The molecule has 0 atom stereocenters. The number of hydrogen-bond acceptors (Lipinski definition) is 7. The van der Waals surface area contributed by atoms with E-state index in [2.05, 4.69) is 31.0 Å². The van der Waals surface area contributed by atoms with Gasteiger partial charge in [0.05, 0.1) is 23.7 Å². The summed E-state index contributed by atoms with van der Waals surface area (Å²) < 4.78 is 6.95. The second kappa shape index (κ2) is 11.1. The maximum Gasteiger partial charge on any atom is 0.226 e. The van der Waals surface area contributed by atoms with E-state index in [4.69, 9.17) is 16.3 Å². The summed E-state index contributed by atoms with van der Waals surface area (Å²) in [6, 6.07) is 13.6. The van der Waals surface area contributed by atoms with Gasteiger partial charge >= 0.3 is 0 Å². The van der Waals surface area contributed by atoms with Crippen molar-refractivity contribution >= 4 is 46.0 Å². The largest absolute Gasteiger partial charge is 0.495 e. The number of aryl methyl sites for hydroxylation is 1. The molecule has 10 heteroatoms. The van der Waals surface area contributed by atoms with Crippen LogP contribution in [0.1, 0.15) is 18.1 Å². The van der Waals surface area contributed by atoms with Crippen LogP contribution in [0.3, 0.4) is 0 Å². The second-order valence-electron chi connectivity index (χ2n) is 8.10. The van der Waals surface area contributed by atoms with Crippen molar-refractivity contribution in [3.8, 4) is 5.75 Å². The van der Waals surface area contributed by atoms with Crippen LogP contribution in [0.2, 0.25) is 5.02 Å². The molecule has 0 radical (unpaired) electrons. The summed E-state index contributed by atoms with van der Waals surface area (Å²) in [5, 5.41) is 15.3. The van der Waals surface area contributed by atoms with E-state index in [9.17, 15) is 4.79 Å². The van der Waals surface area contributed by atoms with Crippen LogP contribution in [-0.2, 0) is 24.7 Å². The molecule has 0 saturated carbocycles. The number of benzene rings is 2. The zero-order chi connectivity index (χ0) is 24.8. The Morgan fingerprint density at radius 2 is 1.74 bits per heavy atom. The predicted molar refractivity (Wildman–Crippen MR) is 139 cm³/mol. The molecule has 0 aliphatic heterocycles. The summed E-state index contributed by atoms with van der Waals surface area (Å²) in [6.45, 7) is 2.83. The minimum absolute atomic E-state index is 0.0825. The topological polar surface area (TPSA) is 106 Å². The summed E-state index contributed by atoms with van der Waals surface area (Å²) in [6.07, 6.45) is 3.32. The lowest BCUT2D eigenvalue weighted by molar-refractivity contribution is -0.114. The summed E-state index contributed by atoms with van der Waals surface area (Å²) >= 11 is 6.23. The summed E-state index contributed by atoms with van der Waals surface area (Å²) in [5.74, 6) is 1.84. The van der Waals surface area contributed by atoms with E-state index in [1.165, 1.54) is 6.92 Å². The van der Waals surface area contributed by atoms with Crippen molar-refractivity contribution < 1.29 is 9.53 Å². The minimum Gasteiger partial charge on any atom is -0.495 e. The molecule has 182 valence electrons. The number of fused-ring (bicyclic) bond motifs is 1. The molecule has 0 fully saturated rings. The standard InChI is InChI=1S/C25H28ClN7O2/c1-16(34)30-19-7-4-17(5-8-19)10-12-27-23-20-15-29-33(2)24(20)32-25(31-23)28-13-11-18-6-9-22(35-3)21(26)14-18/h4-9,14-15H,10-13H2,1-3H3,(H,30,34)(H2,27,28,31,32). The van der Waals surface area contributed by atoms with Crippen molar-refractivity contribution in [1.29, 1.82) is 0 Å². The van der Waals surface area contributed by atoms with Crippen molar-refractivity contribution in [2.45, 2.75) is 19.8 Å². The molecule has 9 nitrogen and oxygen atoms in total. The zero-order valence-electron chi connectivity index (χ0n) is 19.9.